The molecule has 0 aliphatic heterocycles. The lowest BCUT2D eigenvalue weighted by Gasteiger charge is -2.22. The van der Waals surface area contributed by atoms with Gasteiger partial charge in [-0.2, -0.15) is 0 Å². The van der Waals surface area contributed by atoms with E-state index in [2.05, 4.69) is 31.3 Å². The average Bonchev–Trinajstić information content (AvgIpc) is 3.10. The number of hydrogen-bond donors (Lipinski definition) is 3. The van der Waals surface area contributed by atoms with Crippen LogP contribution in [0.5, 0.6) is 0 Å². The molecule has 290 valence electrons. The normalized spacial score (nSPS) is 12.8. The number of carbonyl (C=O) groups excluding carboxylic acids is 2. The molecular weight excluding hydrogens is 610 g/mol. The van der Waals surface area contributed by atoms with Gasteiger partial charge in [-0.25, -0.2) is 0 Å². The van der Waals surface area contributed by atoms with Crippen molar-refractivity contribution in [3.63, 3.8) is 0 Å². The third-order valence-electron chi connectivity index (χ3n) is 9.81. The van der Waals surface area contributed by atoms with E-state index >= 15 is 0 Å². The van der Waals surface area contributed by atoms with Crippen LogP contribution < -0.4 is 5.32 Å². The van der Waals surface area contributed by atoms with E-state index in [9.17, 15) is 19.8 Å². The molecular formula is C43H83NO5. The van der Waals surface area contributed by atoms with E-state index in [1.165, 1.54) is 116 Å². The van der Waals surface area contributed by atoms with Gasteiger partial charge < -0.3 is 20.3 Å². The first-order valence-corrected chi connectivity index (χ1v) is 21.4. The van der Waals surface area contributed by atoms with Crippen LogP contribution in [0.15, 0.2) is 12.2 Å². The van der Waals surface area contributed by atoms with Crippen LogP contribution in [0.4, 0.5) is 0 Å². The summed E-state index contributed by atoms with van der Waals surface area (Å²) in [5, 5.41) is 23.0. The molecule has 0 fully saturated rings. The van der Waals surface area contributed by atoms with Crippen molar-refractivity contribution in [3.8, 4) is 0 Å². The molecule has 0 aromatic heterocycles. The van der Waals surface area contributed by atoms with Gasteiger partial charge in [-0.1, -0.05) is 174 Å². The number of hydrogen-bond acceptors (Lipinski definition) is 5. The molecule has 0 saturated heterocycles. The first kappa shape index (κ1) is 47.6. The van der Waals surface area contributed by atoms with Crippen molar-refractivity contribution < 1.29 is 24.5 Å². The van der Waals surface area contributed by atoms with E-state index in [0.717, 1.165) is 77.0 Å². The van der Waals surface area contributed by atoms with E-state index in [1.54, 1.807) is 0 Å². The van der Waals surface area contributed by atoms with Crippen molar-refractivity contribution in [1.29, 1.82) is 0 Å². The van der Waals surface area contributed by atoms with E-state index < -0.39 is 12.1 Å². The molecule has 6 heteroatoms. The molecule has 0 bridgehead atoms. The SMILES string of the molecule is CCCCCCCCCCCCCCC(=O)OCCCC/C=C\CCCCCCC(=O)NC(CO)C(O)CCCCCCCCCCCC. The fraction of sp³-hybridized carbons (Fsp3) is 0.907. The van der Waals surface area contributed by atoms with Crippen molar-refractivity contribution >= 4 is 11.9 Å². The largest absolute Gasteiger partial charge is 0.466 e. The average molecular weight is 694 g/mol. The third-order valence-corrected chi connectivity index (χ3v) is 9.81. The number of aliphatic hydroxyl groups is 2. The Bertz CT molecular complexity index is 727. The molecule has 49 heavy (non-hydrogen) atoms. The zero-order chi connectivity index (χ0) is 35.9. The van der Waals surface area contributed by atoms with Gasteiger partial charge in [0.05, 0.1) is 25.4 Å². The highest BCUT2D eigenvalue weighted by Crippen LogP contribution is 2.15. The molecule has 1 amide bonds. The van der Waals surface area contributed by atoms with Crippen LogP contribution in [0.3, 0.4) is 0 Å². The van der Waals surface area contributed by atoms with Crippen molar-refractivity contribution in [2.24, 2.45) is 0 Å². The topological polar surface area (TPSA) is 95.9 Å². The third kappa shape index (κ3) is 36.2. The molecule has 6 nitrogen and oxygen atoms in total. The molecule has 0 aliphatic carbocycles. The van der Waals surface area contributed by atoms with Crippen LogP contribution in [0.1, 0.15) is 226 Å². The summed E-state index contributed by atoms with van der Waals surface area (Å²) in [5.41, 5.74) is 0. The lowest BCUT2D eigenvalue weighted by molar-refractivity contribution is -0.143. The summed E-state index contributed by atoms with van der Waals surface area (Å²) in [7, 11) is 0. The minimum Gasteiger partial charge on any atom is -0.466 e. The molecule has 0 aliphatic rings. The Kier molecular flexibility index (Phi) is 38.3. The minimum absolute atomic E-state index is 0.0366. The molecule has 0 aromatic carbocycles. The second-order valence-electron chi connectivity index (χ2n) is 14.7. The fourth-order valence-corrected chi connectivity index (χ4v) is 6.45. The fourth-order valence-electron chi connectivity index (χ4n) is 6.45. The number of rotatable bonds is 39. The number of aliphatic hydroxyl groups excluding tert-OH is 2. The Morgan fingerprint density at radius 1 is 0.551 bits per heavy atom. The maximum absolute atomic E-state index is 12.3. The zero-order valence-corrected chi connectivity index (χ0v) is 32.7. The van der Waals surface area contributed by atoms with Crippen LogP contribution in [0, 0.1) is 0 Å². The van der Waals surface area contributed by atoms with E-state index in [-0.39, 0.29) is 18.5 Å². The summed E-state index contributed by atoms with van der Waals surface area (Å²) in [5.74, 6) is -0.110. The molecule has 2 unspecified atom stereocenters. The zero-order valence-electron chi connectivity index (χ0n) is 32.7. The van der Waals surface area contributed by atoms with Crippen LogP contribution in [0.2, 0.25) is 0 Å². The summed E-state index contributed by atoms with van der Waals surface area (Å²) in [4.78, 5) is 24.3. The van der Waals surface area contributed by atoms with Gasteiger partial charge in [-0.05, 0) is 51.4 Å². The predicted molar refractivity (Wildman–Crippen MR) is 209 cm³/mol. The van der Waals surface area contributed by atoms with Crippen molar-refractivity contribution in [2.75, 3.05) is 13.2 Å². The number of ether oxygens (including phenoxy) is 1. The van der Waals surface area contributed by atoms with Crippen LogP contribution in [-0.2, 0) is 14.3 Å². The van der Waals surface area contributed by atoms with Gasteiger partial charge in [0, 0.05) is 12.8 Å². The van der Waals surface area contributed by atoms with Crippen LogP contribution in [0.25, 0.3) is 0 Å². The second kappa shape index (κ2) is 39.4. The molecule has 3 N–H and O–H groups in total. The number of carbonyl (C=O) groups is 2. The van der Waals surface area contributed by atoms with Crippen molar-refractivity contribution in [2.45, 2.75) is 238 Å². The maximum Gasteiger partial charge on any atom is 0.305 e. The molecule has 0 heterocycles. The molecule has 0 spiro atoms. The predicted octanol–water partition coefficient (Wildman–Crippen LogP) is 11.8. The summed E-state index contributed by atoms with van der Waals surface area (Å²) in [6, 6.07) is -0.563. The second-order valence-corrected chi connectivity index (χ2v) is 14.7. The lowest BCUT2D eigenvalue weighted by Crippen LogP contribution is -2.45. The Hall–Kier alpha value is -1.40. The number of unbranched alkanes of at least 4 members (excludes halogenated alkanes) is 26. The summed E-state index contributed by atoms with van der Waals surface area (Å²) < 4.78 is 5.41. The van der Waals surface area contributed by atoms with Crippen LogP contribution >= 0.6 is 0 Å². The molecule has 0 rings (SSSR count). The Balaban J connectivity index is 3.53. The first-order chi connectivity index (χ1) is 24.0. The summed E-state index contributed by atoms with van der Waals surface area (Å²) in [6.07, 6.45) is 41.7. The Morgan fingerprint density at radius 3 is 1.45 bits per heavy atom. The van der Waals surface area contributed by atoms with Gasteiger partial charge >= 0.3 is 5.97 Å². The quantitative estimate of drug-likeness (QED) is 0.0338. The van der Waals surface area contributed by atoms with Gasteiger partial charge in [0.2, 0.25) is 5.91 Å². The first-order valence-electron chi connectivity index (χ1n) is 21.4. The van der Waals surface area contributed by atoms with Gasteiger partial charge in [0.25, 0.3) is 0 Å². The van der Waals surface area contributed by atoms with Crippen LogP contribution in [-0.4, -0.2) is 47.4 Å². The summed E-state index contributed by atoms with van der Waals surface area (Å²) >= 11 is 0. The molecule has 0 radical (unpaired) electrons. The Morgan fingerprint density at radius 2 is 0.959 bits per heavy atom. The Labute approximate surface area is 304 Å². The molecule has 0 aromatic rings. The highest BCUT2D eigenvalue weighted by Gasteiger charge is 2.20. The van der Waals surface area contributed by atoms with E-state index in [1.807, 2.05) is 0 Å². The number of nitrogens with one attached hydrogen (secondary N) is 1. The van der Waals surface area contributed by atoms with Gasteiger partial charge in [0.1, 0.15) is 0 Å². The smallest absolute Gasteiger partial charge is 0.305 e. The number of amides is 1. The highest BCUT2D eigenvalue weighted by atomic mass is 16.5. The van der Waals surface area contributed by atoms with E-state index in [4.69, 9.17) is 4.74 Å². The standard InChI is InChI=1S/C43H83NO5/c1-3-5-7-9-11-13-15-16-21-25-29-33-37-43(48)49-38-34-30-26-22-18-17-20-24-28-32-36-42(47)44-40(39-45)41(46)35-31-27-23-19-14-12-10-8-6-4-2/h18,22,40-41,45-46H,3-17,19-21,23-39H2,1-2H3,(H,44,47)/b22-18-. The van der Waals surface area contributed by atoms with E-state index in [0.29, 0.717) is 25.9 Å². The maximum atomic E-state index is 12.3. The van der Waals surface area contributed by atoms with Gasteiger partial charge in [-0.15, -0.1) is 0 Å². The highest BCUT2D eigenvalue weighted by molar-refractivity contribution is 5.76. The number of allylic oxidation sites excluding steroid dienone is 2. The van der Waals surface area contributed by atoms with Crippen molar-refractivity contribution in [3.05, 3.63) is 12.2 Å². The summed E-state index contributed by atoms with van der Waals surface area (Å²) in [6.45, 7) is 4.83. The molecule has 2 atom stereocenters. The van der Waals surface area contributed by atoms with Gasteiger partial charge in [-0.3, -0.25) is 9.59 Å². The van der Waals surface area contributed by atoms with Crippen molar-refractivity contribution in [1.82, 2.24) is 5.32 Å². The molecule has 0 saturated carbocycles. The lowest BCUT2D eigenvalue weighted by atomic mass is 10.0. The van der Waals surface area contributed by atoms with Gasteiger partial charge in [0.15, 0.2) is 0 Å². The monoisotopic (exact) mass is 694 g/mol. The number of esters is 1. The minimum atomic E-state index is -0.682.